The van der Waals surface area contributed by atoms with E-state index in [0.717, 1.165) is 51.4 Å². The van der Waals surface area contributed by atoms with E-state index in [9.17, 15) is 50.4 Å². The number of carbonyl (C=O) groups excluding carboxylic acids is 1. The van der Waals surface area contributed by atoms with Gasteiger partial charge in [0, 0.05) is 6.92 Å². The van der Waals surface area contributed by atoms with Crippen LogP contribution in [0, 0.1) is 50.2 Å². The molecule has 17 nitrogen and oxygen atoms in total. The second-order valence-corrected chi connectivity index (χ2v) is 23.4. The molecule has 0 aromatic carbocycles. The van der Waals surface area contributed by atoms with Gasteiger partial charge in [0.15, 0.2) is 18.9 Å². The summed E-state index contributed by atoms with van der Waals surface area (Å²) >= 11 is 0. The summed E-state index contributed by atoms with van der Waals surface area (Å²) in [5.74, 6) is -0.478. The van der Waals surface area contributed by atoms with Gasteiger partial charge in [-0.25, -0.2) is 0 Å². The first-order chi connectivity index (χ1) is 30.3. The second-order valence-electron chi connectivity index (χ2n) is 23.4. The van der Waals surface area contributed by atoms with E-state index in [0.29, 0.717) is 18.8 Å². The number of hydrogen-bond acceptors (Lipinski definition) is 15. The molecule has 3 heterocycles. The molecule has 17 heteroatoms. The van der Waals surface area contributed by atoms with E-state index in [1.165, 1.54) is 12.5 Å². The molecule has 0 unspecified atom stereocenters. The fourth-order valence-electron chi connectivity index (χ4n) is 14.9. The highest BCUT2D eigenvalue weighted by atomic mass is 16.8. The Kier molecular flexibility index (Phi) is 13.4. The van der Waals surface area contributed by atoms with Crippen molar-refractivity contribution in [3.8, 4) is 0 Å². The predicted octanol–water partition coefficient (Wildman–Crippen LogP) is 2.13. The van der Waals surface area contributed by atoms with Crippen LogP contribution in [0.15, 0.2) is 11.6 Å². The lowest BCUT2D eigenvalue weighted by Crippen LogP contribution is -2.67. The third kappa shape index (κ3) is 8.15. The molecule has 0 aromatic rings. The first-order valence-electron chi connectivity index (χ1n) is 24.1. The molecule has 370 valence electrons. The number of carboxylic acid groups (broad SMARTS) is 1. The Hall–Kier alpha value is -1.84. The van der Waals surface area contributed by atoms with Crippen LogP contribution in [0.25, 0.3) is 0 Å². The van der Waals surface area contributed by atoms with Crippen molar-refractivity contribution in [2.45, 2.75) is 206 Å². The van der Waals surface area contributed by atoms with Crippen molar-refractivity contribution >= 4 is 11.9 Å². The number of nitrogens with one attached hydrogen (secondary N) is 1. The summed E-state index contributed by atoms with van der Waals surface area (Å²) in [5.41, 5.74) is 0.127. The third-order valence-electron chi connectivity index (χ3n) is 19.0. The highest BCUT2D eigenvalue weighted by Gasteiger charge is 2.70. The fraction of sp³-hybridized carbons (Fsp3) is 0.917. The van der Waals surface area contributed by atoms with Crippen LogP contribution in [0.1, 0.15) is 120 Å². The molecule has 0 radical (unpaired) electrons. The number of ether oxygens (including phenoxy) is 6. The minimum Gasteiger partial charge on any atom is -0.481 e. The number of amides is 1. The van der Waals surface area contributed by atoms with Crippen molar-refractivity contribution in [2.75, 3.05) is 19.8 Å². The average Bonchev–Trinajstić information content (AvgIpc) is 3.23. The molecule has 9 N–H and O–H groups in total. The van der Waals surface area contributed by atoms with E-state index >= 15 is 0 Å². The molecular weight excluding hydrogens is 847 g/mol. The number of carboxylic acids is 1. The summed E-state index contributed by atoms with van der Waals surface area (Å²) in [6, 6.07) is -1.14. The lowest BCUT2D eigenvalue weighted by Gasteiger charge is -2.71. The van der Waals surface area contributed by atoms with Crippen LogP contribution in [0.3, 0.4) is 0 Å². The van der Waals surface area contributed by atoms with Gasteiger partial charge in [-0.15, -0.1) is 0 Å². The summed E-state index contributed by atoms with van der Waals surface area (Å²) < 4.78 is 36.1. The van der Waals surface area contributed by atoms with Crippen molar-refractivity contribution in [1.82, 2.24) is 5.32 Å². The van der Waals surface area contributed by atoms with Crippen molar-refractivity contribution in [3.05, 3.63) is 11.6 Å². The number of aliphatic hydroxyl groups excluding tert-OH is 7. The molecule has 0 spiro atoms. The average molecular weight is 924 g/mol. The number of allylic oxidation sites excluding steroid dienone is 2. The van der Waals surface area contributed by atoms with Crippen molar-refractivity contribution in [1.29, 1.82) is 0 Å². The van der Waals surface area contributed by atoms with E-state index in [1.54, 1.807) is 0 Å². The molecular formula is C48H77NO16. The highest BCUT2D eigenvalue weighted by molar-refractivity contribution is 5.76. The second kappa shape index (κ2) is 17.5. The molecule has 8 rings (SSSR count). The minimum absolute atomic E-state index is 0.0296. The Bertz CT molecular complexity index is 1810. The Labute approximate surface area is 382 Å². The summed E-state index contributed by atoms with van der Waals surface area (Å²) in [5, 5.41) is 88.4. The normalized spacial score (nSPS) is 51.6. The molecule has 3 saturated heterocycles. The van der Waals surface area contributed by atoms with Gasteiger partial charge in [0.25, 0.3) is 0 Å². The van der Waals surface area contributed by atoms with E-state index in [1.807, 2.05) is 0 Å². The maximum atomic E-state index is 13.1. The van der Waals surface area contributed by atoms with Gasteiger partial charge in [-0.1, -0.05) is 60.1 Å². The number of fused-ring (bicyclic) bond motifs is 7. The number of carbonyl (C=O) groups is 2. The summed E-state index contributed by atoms with van der Waals surface area (Å²) in [4.78, 5) is 25.7. The summed E-state index contributed by atoms with van der Waals surface area (Å²) in [7, 11) is 0. The summed E-state index contributed by atoms with van der Waals surface area (Å²) in [6.07, 6.45) is -7.06. The van der Waals surface area contributed by atoms with Crippen molar-refractivity contribution in [2.24, 2.45) is 50.2 Å². The van der Waals surface area contributed by atoms with Crippen LogP contribution < -0.4 is 5.32 Å². The molecule has 0 bridgehead atoms. The molecule has 5 aliphatic carbocycles. The van der Waals surface area contributed by atoms with Crippen LogP contribution in [0.2, 0.25) is 0 Å². The molecule has 8 aliphatic rings. The van der Waals surface area contributed by atoms with E-state index in [2.05, 4.69) is 59.9 Å². The number of rotatable bonds is 9. The Morgan fingerprint density at radius 1 is 0.738 bits per heavy atom. The van der Waals surface area contributed by atoms with Gasteiger partial charge in [0.05, 0.1) is 31.3 Å². The highest BCUT2D eigenvalue weighted by Crippen LogP contribution is 2.76. The molecule has 65 heavy (non-hydrogen) atoms. The van der Waals surface area contributed by atoms with Gasteiger partial charge >= 0.3 is 5.97 Å². The standard InChI is InChI=1S/C48H77NO16/c1-23(50)49-32-36(56)35(55)28(22-62-41-38(34(54)27(52)21-61-41)65-40-37(57)33(53)26(51)20-60-40)63-39(32)64-31-12-13-45(6)29(44(31,4)5)11-14-47(8)30(45)10-9-24-25-19-43(2,3)15-17-48(25,42(58)59)18-16-46(24,47)7/h9,25-41,51-57H,10-22H2,1-8H3,(H,49,50)(H,58,59)/t25-,26+,27-,28+,29-,30-,31-,32+,33-,34-,35+,36+,37+,38+,39-,40-,41-,45-,46+,47+,48-/m0/s1. The number of hydrogen-bond donors (Lipinski definition) is 9. The number of aliphatic hydroxyl groups is 7. The molecule has 7 fully saturated rings. The quantitative estimate of drug-likeness (QED) is 0.119. The van der Waals surface area contributed by atoms with Crippen molar-refractivity contribution in [3.63, 3.8) is 0 Å². The molecule has 1 amide bonds. The SMILES string of the molecule is CC(=O)N[C@H]1[C@H](O[C@H]2CC[C@@]3(C)[C@@H](CC[C@]4(C)[C@H]3CC=C3[C@@H]5CC(C)(C)CC[C@]5(C(=O)O)CC[C@]34C)C2(C)C)O[C@H](CO[C@@H]2OC[C@H](O)[C@H](O)[C@H]2O[C@@H]2OC[C@@H](O)[C@H](O)[C@H]2O)[C@@H](O)[C@@H]1O. The van der Waals surface area contributed by atoms with Gasteiger partial charge in [0.1, 0.15) is 61.0 Å². The van der Waals surface area contributed by atoms with E-state index in [4.69, 9.17) is 28.4 Å². The van der Waals surface area contributed by atoms with Crippen LogP contribution >= 0.6 is 0 Å². The minimum atomic E-state index is -1.70. The zero-order chi connectivity index (χ0) is 47.4. The van der Waals surface area contributed by atoms with Crippen LogP contribution in [-0.4, -0.2) is 159 Å². The Balaban J connectivity index is 0.994. The van der Waals surface area contributed by atoms with Crippen molar-refractivity contribution < 1.29 is 78.9 Å². The van der Waals surface area contributed by atoms with Gasteiger partial charge < -0.3 is 74.6 Å². The van der Waals surface area contributed by atoms with Gasteiger partial charge in [-0.05, 0) is 109 Å². The fourth-order valence-corrected chi connectivity index (χ4v) is 14.9. The maximum absolute atomic E-state index is 13.1. The van der Waals surface area contributed by atoms with Gasteiger partial charge in [-0.3, -0.25) is 9.59 Å². The molecule has 3 aliphatic heterocycles. The van der Waals surface area contributed by atoms with Gasteiger partial charge in [-0.2, -0.15) is 0 Å². The first-order valence-corrected chi connectivity index (χ1v) is 24.1. The Morgan fingerprint density at radius 3 is 2.08 bits per heavy atom. The number of aliphatic carboxylic acids is 1. The van der Waals surface area contributed by atoms with Crippen LogP contribution in [-0.2, 0) is 38.0 Å². The lowest BCUT2D eigenvalue weighted by molar-refractivity contribution is -0.352. The zero-order valence-electron chi connectivity index (χ0n) is 39.4. The smallest absolute Gasteiger partial charge is 0.310 e. The predicted molar refractivity (Wildman–Crippen MR) is 230 cm³/mol. The topological polar surface area (TPSA) is 263 Å². The Morgan fingerprint density at radius 2 is 1.40 bits per heavy atom. The third-order valence-corrected chi connectivity index (χ3v) is 19.0. The van der Waals surface area contributed by atoms with Crippen LogP contribution in [0.4, 0.5) is 0 Å². The van der Waals surface area contributed by atoms with E-state index in [-0.39, 0.29) is 52.8 Å². The molecule has 21 atom stereocenters. The van der Waals surface area contributed by atoms with E-state index < -0.39 is 109 Å². The monoisotopic (exact) mass is 924 g/mol. The lowest BCUT2D eigenvalue weighted by atomic mass is 9.33. The largest absolute Gasteiger partial charge is 0.481 e. The van der Waals surface area contributed by atoms with Crippen LogP contribution in [0.5, 0.6) is 0 Å². The molecule has 4 saturated carbocycles. The van der Waals surface area contributed by atoms with Gasteiger partial charge in [0.2, 0.25) is 5.91 Å². The maximum Gasteiger partial charge on any atom is 0.310 e. The summed E-state index contributed by atoms with van der Waals surface area (Å²) in [6.45, 7) is 16.6. The molecule has 0 aromatic heterocycles. The zero-order valence-corrected chi connectivity index (χ0v) is 39.4. The first kappa shape index (κ1) is 49.6.